The second kappa shape index (κ2) is 8.23. The summed E-state index contributed by atoms with van der Waals surface area (Å²) in [7, 11) is 0. The SMILES string of the molecule is CCOC(=O)CC(O)CNCc1ccc([N+](=O)[O-])cc1. The maximum atomic E-state index is 11.1. The van der Waals surface area contributed by atoms with Crippen LogP contribution in [0.5, 0.6) is 0 Å². The Kier molecular flexibility index (Phi) is 6.61. The van der Waals surface area contributed by atoms with Crippen molar-refractivity contribution in [2.45, 2.75) is 26.0 Å². The second-order valence-electron chi connectivity index (χ2n) is 4.22. The molecule has 0 fully saturated rings. The van der Waals surface area contributed by atoms with Gasteiger partial charge in [0.1, 0.15) is 0 Å². The molecule has 0 bridgehead atoms. The average Bonchev–Trinajstić information content (AvgIpc) is 2.39. The van der Waals surface area contributed by atoms with Gasteiger partial charge in [0.25, 0.3) is 5.69 Å². The number of rotatable bonds is 8. The summed E-state index contributed by atoms with van der Waals surface area (Å²) in [5, 5.41) is 23.0. The van der Waals surface area contributed by atoms with Gasteiger partial charge in [-0.3, -0.25) is 14.9 Å². The molecule has 7 nitrogen and oxygen atoms in total. The first-order chi connectivity index (χ1) is 9.52. The number of aliphatic hydroxyl groups is 1. The average molecular weight is 282 g/mol. The first kappa shape index (κ1) is 16.1. The largest absolute Gasteiger partial charge is 0.466 e. The second-order valence-corrected chi connectivity index (χ2v) is 4.22. The first-order valence-electron chi connectivity index (χ1n) is 6.30. The quantitative estimate of drug-likeness (QED) is 0.419. The third kappa shape index (κ3) is 5.77. The standard InChI is InChI=1S/C13H18N2O5/c1-2-20-13(17)7-12(16)9-14-8-10-3-5-11(6-4-10)15(18)19/h3-6,12,14,16H,2,7-9H2,1H3. The number of nitrogens with zero attached hydrogens (tertiary/aromatic N) is 1. The fourth-order valence-corrected chi connectivity index (χ4v) is 1.60. The third-order valence-electron chi connectivity index (χ3n) is 2.56. The number of nitrogens with one attached hydrogen (secondary N) is 1. The summed E-state index contributed by atoms with van der Waals surface area (Å²) in [6.07, 6.45) is -0.867. The van der Waals surface area contributed by atoms with Crippen molar-refractivity contribution in [3.8, 4) is 0 Å². The van der Waals surface area contributed by atoms with Crippen molar-refractivity contribution in [1.29, 1.82) is 0 Å². The van der Waals surface area contributed by atoms with Crippen LogP contribution in [0.15, 0.2) is 24.3 Å². The Bertz CT molecular complexity index is 447. The molecule has 0 radical (unpaired) electrons. The van der Waals surface area contributed by atoms with Gasteiger partial charge in [-0.15, -0.1) is 0 Å². The molecule has 1 rings (SSSR count). The summed E-state index contributed by atoms with van der Waals surface area (Å²) >= 11 is 0. The summed E-state index contributed by atoms with van der Waals surface area (Å²) in [4.78, 5) is 21.1. The van der Waals surface area contributed by atoms with Gasteiger partial charge in [0.05, 0.1) is 24.1 Å². The number of aliphatic hydroxyl groups excluding tert-OH is 1. The zero-order chi connectivity index (χ0) is 15.0. The Balaban J connectivity index is 2.29. The Morgan fingerprint density at radius 2 is 2.10 bits per heavy atom. The molecule has 2 N–H and O–H groups in total. The number of ether oxygens (including phenoxy) is 1. The van der Waals surface area contributed by atoms with Crippen LogP contribution in [0.2, 0.25) is 0 Å². The molecule has 0 spiro atoms. The van der Waals surface area contributed by atoms with Gasteiger partial charge < -0.3 is 15.2 Å². The van der Waals surface area contributed by atoms with Crippen molar-refractivity contribution in [2.24, 2.45) is 0 Å². The van der Waals surface area contributed by atoms with E-state index >= 15 is 0 Å². The first-order valence-corrected chi connectivity index (χ1v) is 6.30. The number of non-ortho nitro benzene ring substituents is 1. The van der Waals surface area contributed by atoms with E-state index in [4.69, 9.17) is 4.74 Å². The predicted octanol–water partition coefficient (Wildman–Crippen LogP) is 0.999. The van der Waals surface area contributed by atoms with Gasteiger partial charge in [-0.05, 0) is 12.5 Å². The van der Waals surface area contributed by atoms with Crippen LogP contribution in [-0.2, 0) is 16.1 Å². The molecule has 0 amide bonds. The molecule has 0 aliphatic rings. The number of nitro benzene ring substituents is 1. The lowest BCUT2D eigenvalue weighted by atomic mass is 10.2. The van der Waals surface area contributed by atoms with E-state index in [1.54, 1.807) is 19.1 Å². The van der Waals surface area contributed by atoms with E-state index in [0.29, 0.717) is 13.2 Å². The lowest BCUT2D eigenvalue weighted by Gasteiger charge is -2.11. The van der Waals surface area contributed by atoms with E-state index in [0.717, 1.165) is 5.56 Å². The number of benzene rings is 1. The predicted molar refractivity (Wildman–Crippen MR) is 72.1 cm³/mol. The fraction of sp³-hybridized carbons (Fsp3) is 0.462. The van der Waals surface area contributed by atoms with Crippen molar-refractivity contribution in [1.82, 2.24) is 5.32 Å². The van der Waals surface area contributed by atoms with Crippen LogP contribution in [-0.4, -0.2) is 35.3 Å². The summed E-state index contributed by atoms with van der Waals surface area (Å²) in [6.45, 7) is 2.70. The van der Waals surface area contributed by atoms with Gasteiger partial charge in [-0.25, -0.2) is 0 Å². The van der Waals surface area contributed by atoms with Crippen LogP contribution in [0.4, 0.5) is 5.69 Å². The number of hydrogen-bond acceptors (Lipinski definition) is 6. The molecule has 0 saturated carbocycles. The van der Waals surface area contributed by atoms with Crippen LogP contribution in [0.1, 0.15) is 18.9 Å². The lowest BCUT2D eigenvalue weighted by Crippen LogP contribution is -2.29. The van der Waals surface area contributed by atoms with E-state index in [-0.39, 0.29) is 18.7 Å². The minimum Gasteiger partial charge on any atom is -0.466 e. The monoisotopic (exact) mass is 282 g/mol. The van der Waals surface area contributed by atoms with Crippen molar-refractivity contribution in [3.63, 3.8) is 0 Å². The topological polar surface area (TPSA) is 102 Å². The minimum atomic E-state index is -0.813. The summed E-state index contributed by atoms with van der Waals surface area (Å²) in [5.41, 5.74) is 0.898. The van der Waals surface area contributed by atoms with Gasteiger partial charge in [0.2, 0.25) is 0 Å². The summed E-state index contributed by atoms with van der Waals surface area (Å²) < 4.78 is 4.72. The fourth-order valence-electron chi connectivity index (χ4n) is 1.60. The molecular weight excluding hydrogens is 264 g/mol. The molecule has 1 aromatic carbocycles. The Hall–Kier alpha value is -1.99. The number of hydrogen-bond donors (Lipinski definition) is 2. The highest BCUT2D eigenvalue weighted by Gasteiger charge is 2.11. The van der Waals surface area contributed by atoms with Crippen molar-refractivity contribution >= 4 is 11.7 Å². The number of esters is 1. The van der Waals surface area contributed by atoms with E-state index in [1.807, 2.05) is 0 Å². The maximum Gasteiger partial charge on any atom is 0.308 e. The van der Waals surface area contributed by atoms with E-state index in [9.17, 15) is 20.0 Å². The van der Waals surface area contributed by atoms with Crippen LogP contribution in [0.3, 0.4) is 0 Å². The van der Waals surface area contributed by atoms with Gasteiger partial charge in [0, 0.05) is 25.2 Å². The lowest BCUT2D eigenvalue weighted by molar-refractivity contribution is -0.384. The van der Waals surface area contributed by atoms with E-state index < -0.39 is 17.0 Å². The summed E-state index contributed by atoms with van der Waals surface area (Å²) in [6, 6.07) is 6.13. The Morgan fingerprint density at radius 3 is 2.65 bits per heavy atom. The molecule has 0 aromatic heterocycles. The molecule has 1 atom stereocenters. The molecule has 1 unspecified atom stereocenters. The van der Waals surface area contributed by atoms with Gasteiger partial charge in [-0.2, -0.15) is 0 Å². The third-order valence-corrected chi connectivity index (χ3v) is 2.56. The zero-order valence-corrected chi connectivity index (χ0v) is 11.2. The van der Waals surface area contributed by atoms with E-state index in [1.165, 1.54) is 12.1 Å². The van der Waals surface area contributed by atoms with Crippen LogP contribution >= 0.6 is 0 Å². The van der Waals surface area contributed by atoms with Crippen molar-refractivity contribution in [2.75, 3.05) is 13.2 Å². The van der Waals surface area contributed by atoms with Crippen LogP contribution in [0.25, 0.3) is 0 Å². The molecule has 0 aliphatic carbocycles. The highest BCUT2D eigenvalue weighted by molar-refractivity contribution is 5.69. The minimum absolute atomic E-state index is 0.0381. The highest BCUT2D eigenvalue weighted by Crippen LogP contribution is 2.11. The summed E-state index contributed by atoms with van der Waals surface area (Å²) in [5.74, 6) is -0.433. The molecule has 7 heteroatoms. The molecule has 0 aliphatic heterocycles. The van der Waals surface area contributed by atoms with Crippen LogP contribution in [0, 0.1) is 10.1 Å². The number of carbonyl (C=O) groups is 1. The zero-order valence-electron chi connectivity index (χ0n) is 11.2. The molecule has 1 aromatic rings. The van der Waals surface area contributed by atoms with Gasteiger partial charge in [-0.1, -0.05) is 12.1 Å². The normalized spacial score (nSPS) is 11.9. The van der Waals surface area contributed by atoms with Crippen molar-refractivity contribution in [3.05, 3.63) is 39.9 Å². The molecule has 110 valence electrons. The highest BCUT2D eigenvalue weighted by atomic mass is 16.6. The number of nitro groups is 1. The molecule has 0 saturated heterocycles. The van der Waals surface area contributed by atoms with Gasteiger partial charge in [0.15, 0.2) is 0 Å². The Morgan fingerprint density at radius 1 is 1.45 bits per heavy atom. The van der Waals surface area contributed by atoms with Crippen molar-refractivity contribution < 1.29 is 19.6 Å². The number of carbonyl (C=O) groups excluding carboxylic acids is 1. The van der Waals surface area contributed by atoms with Crippen LogP contribution < -0.4 is 5.32 Å². The molecular formula is C13H18N2O5. The van der Waals surface area contributed by atoms with E-state index in [2.05, 4.69) is 5.32 Å². The Labute approximate surface area is 116 Å². The van der Waals surface area contributed by atoms with Gasteiger partial charge >= 0.3 is 5.97 Å². The maximum absolute atomic E-state index is 11.1. The smallest absolute Gasteiger partial charge is 0.308 e. The molecule has 0 heterocycles. The molecule has 20 heavy (non-hydrogen) atoms.